The fraction of sp³-hybridized carbons (Fsp3) is 0.0667. The van der Waals surface area contributed by atoms with E-state index in [2.05, 4.69) is 36.4 Å². The zero-order valence-electron chi connectivity index (χ0n) is 12.1. The largest absolute Gasteiger partial charge is 0.383 e. The second-order valence-electron chi connectivity index (χ2n) is 4.75. The fourth-order valence-electron chi connectivity index (χ4n) is 2.12. The molecule has 2 aromatic heterocycles. The molecule has 3 N–H and O–H groups in total. The van der Waals surface area contributed by atoms with Gasteiger partial charge in [-0.1, -0.05) is 28.1 Å². The van der Waals surface area contributed by atoms with Crippen molar-refractivity contribution in [2.45, 2.75) is 6.92 Å². The number of nitrogen functional groups attached to an aromatic ring is 1. The molecule has 1 aromatic carbocycles. The maximum atomic E-state index is 12.3. The monoisotopic (exact) mass is 389 g/mol. The van der Waals surface area contributed by atoms with Crippen LogP contribution in [0.25, 0.3) is 10.2 Å². The average Bonchev–Trinajstić information content (AvgIpc) is 2.86. The Morgan fingerprint density at radius 3 is 3.00 bits per heavy atom. The number of benzene rings is 1. The Bertz CT molecular complexity index is 921. The molecule has 0 radical (unpaired) electrons. The number of nitrogens with zero attached hydrogens (tertiary/aromatic N) is 3. The highest BCUT2D eigenvalue weighted by molar-refractivity contribution is 9.10. The van der Waals surface area contributed by atoms with Crippen LogP contribution in [0.1, 0.15) is 20.8 Å². The maximum Gasteiger partial charge on any atom is 0.281 e. The normalized spacial score (nSPS) is 11.2. The highest BCUT2D eigenvalue weighted by Crippen LogP contribution is 2.31. The van der Waals surface area contributed by atoms with Crippen LogP contribution in [-0.4, -0.2) is 22.1 Å². The van der Waals surface area contributed by atoms with Crippen LogP contribution in [0.2, 0.25) is 0 Å². The summed E-state index contributed by atoms with van der Waals surface area (Å²) in [6.45, 7) is 1.82. The van der Waals surface area contributed by atoms with Crippen molar-refractivity contribution in [3.8, 4) is 0 Å². The number of halogens is 1. The van der Waals surface area contributed by atoms with E-state index in [0.717, 1.165) is 21.0 Å². The predicted molar refractivity (Wildman–Crippen MR) is 95.8 cm³/mol. The van der Waals surface area contributed by atoms with E-state index in [1.807, 2.05) is 31.2 Å². The van der Waals surface area contributed by atoms with Crippen LogP contribution in [0.15, 0.2) is 40.2 Å². The lowest BCUT2D eigenvalue weighted by Crippen LogP contribution is -2.17. The molecule has 0 aliphatic carbocycles. The van der Waals surface area contributed by atoms with Gasteiger partial charge in [-0.15, -0.1) is 11.3 Å². The predicted octanol–water partition coefficient (Wildman–Crippen LogP) is 3.11. The number of carbonyl (C=O) groups excluding carboxylic acids is 1. The molecule has 0 bridgehead atoms. The summed E-state index contributed by atoms with van der Waals surface area (Å²) >= 11 is 4.65. The summed E-state index contributed by atoms with van der Waals surface area (Å²) in [7, 11) is 0. The number of fused-ring (bicyclic) bond motifs is 1. The van der Waals surface area contributed by atoms with Gasteiger partial charge in [0.05, 0.1) is 16.5 Å². The van der Waals surface area contributed by atoms with Crippen LogP contribution in [0.4, 0.5) is 5.82 Å². The summed E-state index contributed by atoms with van der Waals surface area (Å²) in [4.78, 5) is 21.6. The van der Waals surface area contributed by atoms with Crippen molar-refractivity contribution >= 4 is 55.4 Å². The van der Waals surface area contributed by atoms with Crippen LogP contribution >= 0.6 is 27.3 Å². The topological polar surface area (TPSA) is 93.3 Å². The third-order valence-corrected chi connectivity index (χ3v) is 4.88. The molecule has 2 heterocycles. The number of carbonyl (C=O) groups is 1. The molecule has 116 valence electrons. The quantitative estimate of drug-likeness (QED) is 0.531. The Kier molecular flexibility index (Phi) is 4.35. The summed E-state index contributed by atoms with van der Waals surface area (Å²) < 4.78 is 0.946. The Balaban J connectivity index is 1.81. The SMILES string of the molecule is Cc1c(C(=O)N/N=C\c2cccc(Br)c2)sc2ncnc(N)c12. The van der Waals surface area contributed by atoms with Gasteiger partial charge in [-0.3, -0.25) is 4.79 Å². The van der Waals surface area contributed by atoms with E-state index < -0.39 is 0 Å². The molecule has 6 nitrogen and oxygen atoms in total. The van der Waals surface area contributed by atoms with Crippen molar-refractivity contribution in [1.29, 1.82) is 0 Å². The van der Waals surface area contributed by atoms with Crippen molar-refractivity contribution in [3.63, 3.8) is 0 Å². The zero-order chi connectivity index (χ0) is 16.4. The molecule has 0 saturated carbocycles. The van der Waals surface area contributed by atoms with E-state index in [1.54, 1.807) is 6.21 Å². The number of amides is 1. The number of hydrazone groups is 1. The smallest absolute Gasteiger partial charge is 0.281 e. The summed E-state index contributed by atoms with van der Waals surface area (Å²) in [6.07, 6.45) is 2.97. The first-order valence-corrected chi connectivity index (χ1v) is 8.25. The molecule has 23 heavy (non-hydrogen) atoms. The summed E-state index contributed by atoms with van der Waals surface area (Å²) in [5, 5.41) is 4.71. The number of hydrogen-bond donors (Lipinski definition) is 2. The molecule has 0 aliphatic rings. The first kappa shape index (κ1) is 15.6. The van der Waals surface area contributed by atoms with Gasteiger partial charge in [0.1, 0.15) is 17.0 Å². The number of nitrogens with one attached hydrogen (secondary N) is 1. The third kappa shape index (κ3) is 3.22. The first-order valence-electron chi connectivity index (χ1n) is 6.65. The standard InChI is InChI=1S/C15H12BrN5OS/c1-8-11-13(17)18-7-19-15(11)23-12(8)14(22)21-20-6-9-3-2-4-10(16)5-9/h2-7H,1H3,(H,21,22)(H2,17,18,19)/b20-6-. The van der Waals surface area contributed by atoms with Crippen molar-refractivity contribution in [3.05, 3.63) is 51.1 Å². The molecular formula is C15H12BrN5OS. The van der Waals surface area contributed by atoms with E-state index >= 15 is 0 Å². The van der Waals surface area contributed by atoms with Gasteiger partial charge in [0, 0.05) is 4.47 Å². The number of aryl methyl sites for hydroxylation is 1. The van der Waals surface area contributed by atoms with Crippen molar-refractivity contribution in [2.75, 3.05) is 5.73 Å². The van der Waals surface area contributed by atoms with E-state index in [4.69, 9.17) is 5.73 Å². The van der Waals surface area contributed by atoms with Gasteiger partial charge in [-0.25, -0.2) is 15.4 Å². The fourth-order valence-corrected chi connectivity index (χ4v) is 3.58. The van der Waals surface area contributed by atoms with Crippen LogP contribution < -0.4 is 11.2 Å². The van der Waals surface area contributed by atoms with Gasteiger partial charge in [0.2, 0.25) is 0 Å². The Morgan fingerprint density at radius 2 is 2.26 bits per heavy atom. The van der Waals surface area contributed by atoms with E-state index in [9.17, 15) is 4.79 Å². The van der Waals surface area contributed by atoms with Gasteiger partial charge >= 0.3 is 0 Å². The molecule has 0 spiro atoms. The molecule has 0 aliphatic heterocycles. The minimum absolute atomic E-state index is 0.295. The Morgan fingerprint density at radius 1 is 1.43 bits per heavy atom. The summed E-state index contributed by atoms with van der Waals surface area (Å²) in [5.74, 6) is 0.0802. The number of aromatic nitrogens is 2. The molecule has 1 amide bonds. The minimum atomic E-state index is -0.295. The highest BCUT2D eigenvalue weighted by Gasteiger charge is 2.17. The summed E-state index contributed by atoms with van der Waals surface area (Å²) in [5.41, 5.74) is 10.0. The van der Waals surface area contributed by atoms with Crippen molar-refractivity contribution < 1.29 is 4.79 Å². The van der Waals surface area contributed by atoms with Gasteiger partial charge in [0.15, 0.2) is 0 Å². The third-order valence-electron chi connectivity index (χ3n) is 3.19. The van der Waals surface area contributed by atoms with E-state index in [0.29, 0.717) is 15.5 Å². The zero-order valence-corrected chi connectivity index (χ0v) is 14.5. The van der Waals surface area contributed by atoms with Gasteiger partial charge < -0.3 is 5.73 Å². The Hall–Kier alpha value is -2.32. The number of rotatable bonds is 3. The lowest BCUT2D eigenvalue weighted by molar-refractivity contribution is 0.0958. The minimum Gasteiger partial charge on any atom is -0.383 e. The molecule has 3 rings (SSSR count). The molecule has 8 heteroatoms. The molecule has 0 fully saturated rings. The molecule has 0 atom stereocenters. The van der Waals surface area contributed by atoms with Crippen molar-refractivity contribution in [1.82, 2.24) is 15.4 Å². The van der Waals surface area contributed by atoms with Crippen LogP contribution in [0.3, 0.4) is 0 Å². The van der Waals surface area contributed by atoms with Crippen molar-refractivity contribution in [2.24, 2.45) is 5.10 Å². The number of nitrogens with two attached hydrogens (primary N) is 1. The maximum absolute atomic E-state index is 12.3. The summed E-state index contributed by atoms with van der Waals surface area (Å²) in [6, 6.07) is 7.60. The Labute approximate surface area is 144 Å². The number of hydrogen-bond acceptors (Lipinski definition) is 6. The second kappa shape index (κ2) is 6.43. The average molecular weight is 390 g/mol. The first-order chi connectivity index (χ1) is 11.1. The highest BCUT2D eigenvalue weighted by atomic mass is 79.9. The van der Waals surface area contributed by atoms with Gasteiger partial charge in [0.25, 0.3) is 5.91 Å². The number of thiophene rings is 1. The van der Waals surface area contributed by atoms with E-state index in [1.165, 1.54) is 17.7 Å². The second-order valence-corrected chi connectivity index (χ2v) is 6.66. The van der Waals surface area contributed by atoms with Crippen LogP contribution in [0, 0.1) is 6.92 Å². The van der Waals surface area contributed by atoms with Gasteiger partial charge in [-0.05, 0) is 30.2 Å². The molecular weight excluding hydrogens is 378 g/mol. The van der Waals surface area contributed by atoms with E-state index in [-0.39, 0.29) is 5.91 Å². The lowest BCUT2D eigenvalue weighted by atomic mass is 10.2. The lowest BCUT2D eigenvalue weighted by Gasteiger charge is -1.99. The van der Waals surface area contributed by atoms with Crippen LogP contribution in [0.5, 0.6) is 0 Å². The number of anilines is 1. The van der Waals surface area contributed by atoms with Gasteiger partial charge in [-0.2, -0.15) is 5.10 Å². The molecule has 0 unspecified atom stereocenters. The molecule has 3 aromatic rings. The molecule has 0 saturated heterocycles. The van der Waals surface area contributed by atoms with Crippen LogP contribution in [-0.2, 0) is 0 Å².